The van der Waals surface area contributed by atoms with Crippen LogP contribution in [0.1, 0.15) is 68.9 Å². The minimum Gasteiger partial charge on any atom is -0.454 e. The van der Waals surface area contributed by atoms with E-state index in [1.165, 1.54) is 12.8 Å². The quantitative estimate of drug-likeness (QED) is 0.671. The van der Waals surface area contributed by atoms with Crippen LogP contribution in [0, 0.1) is 5.92 Å². The molecule has 1 saturated carbocycles. The van der Waals surface area contributed by atoms with Gasteiger partial charge in [0.15, 0.2) is 17.3 Å². The first kappa shape index (κ1) is 19.7. The number of fused-ring (bicyclic) bond motifs is 2. The number of pyridine rings is 1. The van der Waals surface area contributed by atoms with Crippen molar-refractivity contribution in [2.45, 2.75) is 57.5 Å². The van der Waals surface area contributed by atoms with E-state index in [0.29, 0.717) is 29.0 Å². The van der Waals surface area contributed by atoms with E-state index in [1.807, 2.05) is 22.9 Å². The highest BCUT2D eigenvalue weighted by molar-refractivity contribution is 5.83. The van der Waals surface area contributed by atoms with Gasteiger partial charge < -0.3 is 14.5 Å². The lowest BCUT2D eigenvalue weighted by Crippen LogP contribution is -2.40. The summed E-state index contributed by atoms with van der Waals surface area (Å²) in [5.41, 5.74) is 1.31. The minimum absolute atomic E-state index is 0.110. The molecule has 1 saturated heterocycles. The fourth-order valence-electron chi connectivity index (χ4n) is 5.39. The Morgan fingerprint density at radius 3 is 2.59 bits per heavy atom. The lowest BCUT2D eigenvalue weighted by atomic mass is 9.95. The van der Waals surface area contributed by atoms with Crippen molar-refractivity contribution in [1.29, 1.82) is 0 Å². The molecule has 1 atom stereocenters. The zero-order valence-electron chi connectivity index (χ0n) is 18.3. The van der Waals surface area contributed by atoms with E-state index in [9.17, 15) is 4.79 Å². The third-order valence-corrected chi connectivity index (χ3v) is 7.28. The Hall–Kier alpha value is -2.94. The first-order valence-electron chi connectivity index (χ1n) is 11.7. The molecule has 0 unspecified atom stereocenters. The average molecular weight is 437 g/mol. The zero-order chi connectivity index (χ0) is 21.7. The molecule has 1 aliphatic carbocycles. The standard InChI is InChI=1S/C23H28N6O3/c1-14-6-8-28(9-7-14)21(22-25-26-27-29(22)16-4-2-3-5-16)17-10-15-11-19-20(32-13-31-19)12-18(15)24-23(17)30/h10-12,14,16,21H,2-9,13H2,1H3,(H,24,30)/t21-/m1/s1. The Bertz CT molecular complexity index is 1190. The van der Waals surface area contributed by atoms with Crippen LogP contribution in [0.25, 0.3) is 10.9 Å². The topological polar surface area (TPSA) is 98.2 Å². The molecule has 0 amide bonds. The highest BCUT2D eigenvalue weighted by Crippen LogP contribution is 2.38. The van der Waals surface area contributed by atoms with Crippen molar-refractivity contribution >= 4 is 10.9 Å². The summed E-state index contributed by atoms with van der Waals surface area (Å²) in [6, 6.07) is 5.78. The number of H-pyrrole nitrogens is 1. The van der Waals surface area contributed by atoms with Crippen LogP contribution in [0.2, 0.25) is 0 Å². The Labute approximate surface area is 185 Å². The van der Waals surface area contributed by atoms with E-state index < -0.39 is 0 Å². The molecule has 3 aliphatic rings. The van der Waals surface area contributed by atoms with Gasteiger partial charge in [0.2, 0.25) is 6.79 Å². The van der Waals surface area contributed by atoms with Crippen molar-refractivity contribution in [3.8, 4) is 11.5 Å². The summed E-state index contributed by atoms with van der Waals surface area (Å²) in [6.45, 7) is 4.33. The number of piperidine rings is 1. The number of aromatic nitrogens is 5. The number of aromatic amines is 1. The van der Waals surface area contributed by atoms with Crippen LogP contribution in [0.5, 0.6) is 11.5 Å². The number of ether oxygens (including phenoxy) is 2. The second kappa shape index (κ2) is 7.88. The molecule has 2 aromatic heterocycles. The molecule has 9 nitrogen and oxygen atoms in total. The van der Waals surface area contributed by atoms with Crippen LogP contribution in [0.15, 0.2) is 23.0 Å². The molecule has 1 N–H and O–H groups in total. The molecule has 1 aromatic carbocycles. The van der Waals surface area contributed by atoms with E-state index in [-0.39, 0.29) is 18.4 Å². The molecule has 4 heterocycles. The molecule has 2 aliphatic heterocycles. The third kappa shape index (κ3) is 3.35. The largest absolute Gasteiger partial charge is 0.454 e. The number of rotatable bonds is 4. The van der Waals surface area contributed by atoms with Gasteiger partial charge in [-0.05, 0) is 67.3 Å². The number of nitrogens with one attached hydrogen (secondary N) is 1. The Morgan fingerprint density at radius 1 is 1.06 bits per heavy atom. The molecule has 6 rings (SSSR count). The zero-order valence-corrected chi connectivity index (χ0v) is 18.3. The van der Waals surface area contributed by atoms with Crippen molar-refractivity contribution in [3.63, 3.8) is 0 Å². The molecule has 168 valence electrons. The normalized spacial score (nSPS) is 20.9. The smallest absolute Gasteiger partial charge is 0.253 e. The van der Waals surface area contributed by atoms with Crippen molar-refractivity contribution in [2.75, 3.05) is 19.9 Å². The van der Waals surface area contributed by atoms with Crippen LogP contribution in [-0.2, 0) is 0 Å². The molecule has 3 aromatic rings. The van der Waals surface area contributed by atoms with Gasteiger partial charge in [-0.1, -0.05) is 19.8 Å². The summed E-state index contributed by atoms with van der Waals surface area (Å²) >= 11 is 0. The second-order valence-electron chi connectivity index (χ2n) is 9.39. The Kier molecular flexibility index (Phi) is 4.86. The molecule has 0 spiro atoms. The lowest BCUT2D eigenvalue weighted by molar-refractivity contribution is 0.147. The van der Waals surface area contributed by atoms with E-state index in [4.69, 9.17) is 9.47 Å². The first-order valence-corrected chi connectivity index (χ1v) is 11.7. The maximum Gasteiger partial charge on any atom is 0.253 e. The third-order valence-electron chi connectivity index (χ3n) is 7.28. The summed E-state index contributed by atoms with van der Waals surface area (Å²) in [5, 5.41) is 13.8. The van der Waals surface area contributed by atoms with Gasteiger partial charge in [-0.2, -0.15) is 0 Å². The number of likely N-dealkylation sites (tertiary alicyclic amines) is 1. The summed E-state index contributed by atoms with van der Waals surface area (Å²) in [5.74, 6) is 2.83. The first-order chi connectivity index (χ1) is 15.7. The average Bonchev–Trinajstić information content (AvgIpc) is 3.55. The van der Waals surface area contributed by atoms with Crippen LogP contribution in [0.3, 0.4) is 0 Å². The van der Waals surface area contributed by atoms with Crippen LogP contribution in [0.4, 0.5) is 0 Å². The number of nitrogens with zero attached hydrogens (tertiary/aromatic N) is 5. The van der Waals surface area contributed by atoms with E-state index in [0.717, 1.165) is 55.5 Å². The fraction of sp³-hybridized carbons (Fsp3) is 0.565. The van der Waals surface area contributed by atoms with Crippen LogP contribution < -0.4 is 15.0 Å². The maximum absolute atomic E-state index is 13.4. The number of hydrogen-bond donors (Lipinski definition) is 1. The van der Waals surface area contributed by atoms with Crippen LogP contribution in [-0.4, -0.2) is 50.0 Å². The molecular formula is C23H28N6O3. The summed E-state index contributed by atoms with van der Waals surface area (Å²) < 4.78 is 13.0. The Balaban J connectivity index is 1.48. The predicted molar refractivity (Wildman–Crippen MR) is 118 cm³/mol. The highest BCUT2D eigenvalue weighted by Gasteiger charge is 2.34. The molecular weight excluding hydrogens is 408 g/mol. The number of tetrazole rings is 1. The predicted octanol–water partition coefficient (Wildman–Crippen LogP) is 3.18. The van der Waals surface area contributed by atoms with Gasteiger partial charge in [0.05, 0.1) is 11.6 Å². The maximum atomic E-state index is 13.4. The number of hydrogen-bond acceptors (Lipinski definition) is 7. The van der Waals surface area contributed by atoms with Crippen molar-refractivity contribution in [3.05, 3.63) is 39.9 Å². The summed E-state index contributed by atoms with van der Waals surface area (Å²) in [7, 11) is 0. The molecule has 32 heavy (non-hydrogen) atoms. The van der Waals surface area contributed by atoms with Gasteiger partial charge in [0.25, 0.3) is 5.56 Å². The van der Waals surface area contributed by atoms with E-state index >= 15 is 0 Å². The monoisotopic (exact) mass is 436 g/mol. The van der Waals surface area contributed by atoms with Gasteiger partial charge >= 0.3 is 0 Å². The van der Waals surface area contributed by atoms with E-state index in [2.05, 4.69) is 32.3 Å². The second-order valence-corrected chi connectivity index (χ2v) is 9.39. The highest BCUT2D eigenvalue weighted by atomic mass is 16.7. The van der Waals surface area contributed by atoms with E-state index in [1.54, 1.807) is 0 Å². The summed E-state index contributed by atoms with van der Waals surface area (Å²) in [4.78, 5) is 18.8. The van der Waals surface area contributed by atoms with Crippen molar-refractivity contribution < 1.29 is 9.47 Å². The molecule has 0 radical (unpaired) electrons. The fourth-order valence-corrected chi connectivity index (χ4v) is 5.39. The molecule has 2 fully saturated rings. The van der Waals surface area contributed by atoms with Gasteiger partial charge in [-0.25, -0.2) is 4.68 Å². The molecule has 9 heteroatoms. The van der Waals surface area contributed by atoms with Gasteiger partial charge in [-0.15, -0.1) is 5.10 Å². The van der Waals surface area contributed by atoms with Gasteiger partial charge in [0.1, 0.15) is 6.04 Å². The SMILES string of the molecule is CC1CCN([C@H](c2cc3cc4c(cc3[nH]c2=O)OCO4)c2nnnn2C2CCCC2)CC1. The van der Waals surface area contributed by atoms with Crippen molar-refractivity contribution in [2.24, 2.45) is 5.92 Å². The van der Waals surface area contributed by atoms with Crippen molar-refractivity contribution in [1.82, 2.24) is 30.1 Å². The summed E-state index contributed by atoms with van der Waals surface area (Å²) in [6.07, 6.45) is 6.76. The lowest BCUT2D eigenvalue weighted by Gasteiger charge is -2.36. The van der Waals surface area contributed by atoms with Gasteiger partial charge in [-0.3, -0.25) is 9.69 Å². The number of benzene rings is 1. The molecule has 0 bridgehead atoms. The van der Waals surface area contributed by atoms with Crippen LogP contribution >= 0.6 is 0 Å². The Morgan fingerprint density at radius 2 is 1.81 bits per heavy atom. The minimum atomic E-state index is -0.281. The van der Waals surface area contributed by atoms with Gasteiger partial charge in [0, 0.05) is 17.0 Å².